The van der Waals surface area contributed by atoms with Gasteiger partial charge in [0.1, 0.15) is 0 Å². The van der Waals surface area contributed by atoms with Gasteiger partial charge in [-0.2, -0.15) is 0 Å². The molecule has 4 heteroatoms. The van der Waals surface area contributed by atoms with Crippen molar-refractivity contribution in [3.05, 3.63) is 70.1 Å². The topological polar surface area (TPSA) is 48.6 Å². The molecule has 0 fully saturated rings. The third-order valence-electron chi connectivity index (χ3n) is 3.71. The Bertz CT molecular complexity index is 1030. The number of aromatic nitrogens is 2. The SMILES string of the molecule is O=c1[nH]c2c(Cl)cccc2cc1-c1c[nH]c2ccccc12. The van der Waals surface area contributed by atoms with Gasteiger partial charge in [-0.15, -0.1) is 0 Å². The van der Waals surface area contributed by atoms with Gasteiger partial charge in [0.05, 0.1) is 10.5 Å². The van der Waals surface area contributed by atoms with Gasteiger partial charge in [0.25, 0.3) is 5.56 Å². The van der Waals surface area contributed by atoms with E-state index in [0.717, 1.165) is 21.9 Å². The van der Waals surface area contributed by atoms with Crippen LogP contribution in [0.2, 0.25) is 5.02 Å². The molecule has 0 saturated carbocycles. The monoisotopic (exact) mass is 294 g/mol. The minimum atomic E-state index is -0.139. The van der Waals surface area contributed by atoms with Gasteiger partial charge in [-0.1, -0.05) is 41.9 Å². The van der Waals surface area contributed by atoms with Crippen LogP contribution in [-0.2, 0) is 0 Å². The fraction of sp³-hybridized carbons (Fsp3) is 0. The highest BCUT2D eigenvalue weighted by atomic mass is 35.5. The number of hydrogen-bond donors (Lipinski definition) is 2. The number of H-pyrrole nitrogens is 2. The Morgan fingerprint density at radius 1 is 0.952 bits per heavy atom. The molecule has 3 nitrogen and oxygen atoms in total. The molecular weight excluding hydrogens is 284 g/mol. The molecule has 21 heavy (non-hydrogen) atoms. The molecule has 0 radical (unpaired) electrons. The van der Waals surface area contributed by atoms with Crippen molar-refractivity contribution in [2.45, 2.75) is 0 Å². The molecule has 0 aliphatic heterocycles. The zero-order valence-electron chi connectivity index (χ0n) is 11.0. The zero-order valence-corrected chi connectivity index (χ0v) is 11.7. The summed E-state index contributed by atoms with van der Waals surface area (Å²) < 4.78 is 0. The number of halogens is 1. The molecule has 0 spiro atoms. The maximum atomic E-state index is 12.4. The van der Waals surface area contributed by atoms with E-state index in [9.17, 15) is 4.79 Å². The standard InChI is InChI=1S/C17H11ClN2O/c18-14-6-3-4-10-8-12(17(21)20-16(10)14)13-9-19-15-7-2-1-5-11(13)15/h1-9,19H,(H,20,21). The van der Waals surface area contributed by atoms with Crippen LogP contribution in [0.5, 0.6) is 0 Å². The van der Waals surface area contributed by atoms with Gasteiger partial charge in [-0.3, -0.25) is 4.79 Å². The van der Waals surface area contributed by atoms with Crippen LogP contribution in [0.4, 0.5) is 0 Å². The van der Waals surface area contributed by atoms with Gasteiger partial charge < -0.3 is 9.97 Å². The van der Waals surface area contributed by atoms with Crippen molar-refractivity contribution in [2.75, 3.05) is 0 Å². The third kappa shape index (κ3) is 1.86. The predicted molar refractivity (Wildman–Crippen MR) is 86.9 cm³/mol. The molecule has 0 atom stereocenters. The minimum Gasteiger partial charge on any atom is -0.361 e. The molecule has 0 amide bonds. The average Bonchev–Trinajstić information content (AvgIpc) is 2.92. The number of fused-ring (bicyclic) bond motifs is 2. The quantitative estimate of drug-likeness (QED) is 0.539. The number of para-hydroxylation sites is 2. The first-order valence-corrected chi connectivity index (χ1v) is 7.00. The summed E-state index contributed by atoms with van der Waals surface area (Å²) in [6, 6.07) is 15.4. The Morgan fingerprint density at radius 3 is 2.71 bits per heavy atom. The summed E-state index contributed by atoms with van der Waals surface area (Å²) in [7, 11) is 0. The second-order valence-corrected chi connectivity index (χ2v) is 5.37. The van der Waals surface area contributed by atoms with Crippen LogP contribution in [0, 0.1) is 0 Å². The molecule has 2 N–H and O–H groups in total. The minimum absolute atomic E-state index is 0.139. The first-order valence-electron chi connectivity index (χ1n) is 6.62. The number of aromatic amines is 2. The highest BCUT2D eigenvalue weighted by Gasteiger charge is 2.11. The number of rotatable bonds is 1. The molecule has 0 saturated heterocycles. The first-order chi connectivity index (χ1) is 10.2. The van der Waals surface area contributed by atoms with Crippen LogP contribution >= 0.6 is 11.6 Å². The van der Waals surface area contributed by atoms with Gasteiger partial charge in [0.2, 0.25) is 0 Å². The van der Waals surface area contributed by atoms with E-state index in [0.29, 0.717) is 16.1 Å². The Hall–Kier alpha value is -2.52. The van der Waals surface area contributed by atoms with Crippen molar-refractivity contribution in [3.8, 4) is 11.1 Å². The third-order valence-corrected chi connectivity index (χ3v) is 4.02. The summed E-state index contributed by atoms with van der Waals surface area (Å²) in [5.74, 6) is 0. The van der Waals surface area contributed by atoms with E-state index in [1.165, 1.54) is 0 Å². The van der Waals surface area contributed by atoms with Gasteiger partial charge in [0.15, 0.2) is 0 Å². The summed E-state index contributed by atoms with van der Waals surface area (Å²) in [4.78, 5) is 18.5. The second kappa shape index (κ2) is 4.50. The molecular formula is C17H11ClN2O. The highest BCUT2D eigenvalue weighted by molar-refractivity contribution is 6.35. The van der Waals surface area contributed by atoms with Crippen molar-refractivity contribution < 1.29 is 0 Å². The van der Waals surface area contributed by atoms with Gasteiger partial charge >= 0.3 is 0 Å². The number of pyridine rings is 1. The lowest BCUT2D eigenvalue weighted by atomic mass is 10.0. The molecule has 0 aliphatic rings. The largest absolute Gasteiger partial charge is 0.361 e. The van der Waals surface area contributed by atoms with E-state index < -0.39 is 0 Å². The Labute approximate surface area is 125 Å². The second-order valence-electron chi connectivity index (χ2n) is 4.96. The predicted octanol–water partition coefficient (Wildman–Crippen LogP) is 4.33. The van der Waals surface area contributed by atoms with E-state index in [1.807, 2.05) is 48.7 Å². The summed E-state index contributed by atoms with van der Waals surface area (Å²) in [5, 5.41) is 2.50. The lowest BCUT2D eigenvalue weighted by molar-refractivity contribution is 1.31. The molecule has 2 aromatic carbocycles. The fourth-order valence-electron chi connectivity index (χ4n) is 2.69. The van der Waals surface area contributed by atoms with Gasteiger partial charge in [-0.05, 0) is 18.2 Å². The van der Waals surface area contributed by atoms with Crippen LogP contribution in [0.25, 0.3) is 32.9 Å². The Balaban J connectivity index is 2.07. The lowest BCUT2D eigenvalue weighted by Crippen LogP contribution is -2.08. The van der Waals surface area contributed by atoms with Gasteiger partial charge in [-0.25, -0.2) is 0 Å². The Kier molecular flexibility index (Phi) is 2.62. The van der Waals surface area contributed by atoms with E-state index in [-0.39, 0.29) is 5.56 Å². The summed E-state index contributed by atoms with van der Waals surface area (Å²) in [6.45, 7) is 0. The summed E-state index contributed by atoms with van der Waals surface area (Å²) in [5.41, 5.74) is 3.09. The van der Waals surface area contributed by atoms with Crippen LogP contribution in [-0.4, -0.2) is 9.97 Å². The molecule has 0 unspecified atom stereocenters. The first kappa shape index (κ1) is 12.2. The maximum Gasteiger partial charge on any atom is 0.256 e. The van der Waals surface area contributed by atoms with Crippen molar-refractivity contribution in [1.29, 1.82) is 0 Å². The summed E-state index contributed by atoms with van der Waals surface area (Å²) in [6.07, 6.45) is 1.87. The molecule has 2 aromatic heterocycles. The molecule has 2 heterocycles. The van der Waals surface area contributed by atoms with E-state index in [4.69, 9.17) is 11.6 Å². The molecule has 0 bridgehead atoms. The van der Waals surface area contributed by atoms with Crippen LogP contribution in [0.1, 0.15) is 0 Å². The normalized spacial score (nSPS) is 11.3. The van der Waals surface area contributed by atoms with Crippen molar-refractivity contribution in [3.63, 3.8) is 0 Å². The number of benzene rings is 2. The molecule has 0 aliphatic carbocycles. The van der Waals surface area contributed by atoms with E-state index >= 15 is 0 Å². The molecule has 102 valence electrons. The molecule has 4 rings (SSSR count). The van der Waals surface area contributed by atoms with Crippen molar-refractivity contribution in [1.82, 2.24) is 9.97 Å². The smallest absolute Gasteiger partial charge is 0.256 e. The zero-order chi connectivity index (χ0) is 14.4. The number of nitrogens with one attached hydrogen (secondary N) is 2. The summed E-state index contributed by atoms with van der Waals surface area (Å²) >= 11 is 6.13. The number of hydrogen-bond acceptors (Lipinski definition) is 1. The molecule has 4 aromatic rings. The van der Waals surface area contributed by atoms with Crippen molar-refractivity contribution in [2.24, 2.45) is 0 Å². The van der Waals surface area contributed by atoms with Crippen molar-refractivity contribution >= 4 is 33.4 Å². The highest BCUT2D eigenvalue weighted by Crippen LogP contribution is 2.29. The van der Waals surface area contributed by atoms with Crippen LogP contribution in [0.3, 0.4) is 0 Å². The van der Waals surface area contributed by atoms with Gasteiger partial charge in [0, 0.05) is 33.6 Å². The van der Waals surface area contributed by atoms with Crippen LogP contribution < -0.4 is 5.56 Å². The average molecular weight is 295 g/mol. The van der Waals surface area contributed by atoms with Crippen LogP contribution in [0.15, 0.2) is 59.5 Å². The van der Waals surface area contributed by atoms with E-state index in [2.05, 4.69) is 9.97 Å². The van der Waals surface area contributed by atoms with E-state index in [1.54, 1.807) is 6.07 Å². The fourth-order valence-corrected chi connectivity index (χ4v) is 2.92. The lowest BCUT2D eigenvalue weighted by Gasteiger charge is -2.04. The Morgan fingerprint density at radius 2 is 1.81 bits per heavy atom. The maximum absolute atomic E-state index is 12.4.